The molecule has 0 N–H and O–H groups in total. The van der Waals surface area contributed by atoms with Gasteiger partial charge in [0.25, 0.3) is 0 Å². The maximum absolute atomic E-state index is 12.3. The zero-order valence-corrected chi connectivity index (χ0v) is 12.1. The van der Waals surface area contributed by atoms with Gasteiger partial charge < -0.3 is 9.47 Å². The minimum atomic E-state index is -1.08. The fraction of sp³-hybridized carbons (Fsp3) is 0.733. The lowest BCUT2D eigenvalue weighted by atomic mass is 9.48. The third kappa shape index (κ3) is 2.40. The van der Waals surface area contributed by atoms with E-state index in [1.54, 1.807) is 27.7 Å². The second-order valence-electron chi connectivity index (χ2n) is 6.31. The predicted molar refractivity (Wildman–Crippen MR) is 70.3 cm³/mol. The maximum Gasteiger partial charge on any atom is 0.323 e. The molecule has 0 unspecified atom stereocenters. The number of rotatable bonds is 4. The van der Waals surface area contributed by atoms with E-state index < -0.39 is 17.4 Å². The van der Waals surface area contributed by atoms with E-state index >= 15 is 0 Å². The van der Waals surface area contributed by atoms with E-state index in [0.29, 0.717) is 12.8 Å². The molecule has 1 fully saturated rings. The van der Waals surface area contributed by atoms with E-state index in [1.807, 2.05) is 0 Å². The number of allylic oxidation sites excluding steroid dienone is 2. The third-order valence-electron chi connectivity index (χ3n) is 3.77. The van der Waals surface area contributed by atoms with E-state index in [-0.39, 0.29) is 17.6 Å². The van der Waals surface area contributed by atoms with Gasteiger partial charge in [0.15, 0.2) is 5.41 Å². The van der Waals surface area contributed by atoms with Crippen molar-refractivity contribution in [3.63, 3.8) is 0 Å². The molecule has 0 aromatic carbocycles. The molecule has 19 heavy (non-hydrogen) atoms. The van der Waals surface area contributed by atoms with Crippen molar-refractivity contribution in [2.24, 2.45) is 10.8 Å². The minimum absolute atomic E-state index is 0.0337. The Bertz CT molecular complexity index is 390. The lowest BCUT2D eigenvalue weighted by Gasteiger charge is -2.54. The van der Waals surface area contributed by atoms with Crippen LogP contribution in [0.5, 0.6) is 0 Å². The van der Waals surface area contributed by atoms with Crippen molar-refractivity contribution in [2.75, 3.05) is 0 Å². The van der Waals surface area contributed by atoms with Gasteiger partial charge in [0.2, 0.25) is 0 Å². The van der Waals surface area contributed by atoms with Gasteiger partial charge in [-0.3, -0.25) is 9.59 Å². The zero-order valence-electron chi connectivity index (χ0n) is 12.1. The lowest BCUT2D eigenvalue weighted by Crippen LogP contribution is -2.58. The van der Waals surface area contributed by atoms with Gasteiger partial charge in [0.1, 0.15) is 0 Å². The molecule has 2 rings (SSSR count). The summed E-state index contributed by atoms with van der Waals surface area (Å²) in [5.41, 5.74) is -1.05. The van der Waals surface area contributed by atoms with Crippen LogP contribution in [-0.4, -0.2) is 24.1 Å². The molecule has 1 saturated carbocycles. The first-order chi connectivity index (χ1) is 8.80. The summed E-state index contributed by atoms with van der Waals surface area (Å²) in [6, 6.07) is 0. The molecule has 106 valence electrons. The first-order valence-electron chi connectivity index (χ1n) is 6.90. The molecule has 0 bridgehead atoms. The number of ether oxygens (including phenoxy) is 2. The van der Waals surface area contributed by atoms with Crippen LogP contribution in [0.2, 0.25) is 0 Å². The monoisotopic (exact) mass is 266 g/mol. The van der Waals surface area contributed by atoms with Crippen LogP contribution in [-0.2, 0) is 19.1 Å². The Balaban J connectivity index is 2.13. The van der Waals surface area contributed by atoms with Crippen LogP contribution < -0.4 is 0 Å². The quantitative estimate of drug-likeness (QED) is 0.446. The summed E-state index contributed by atoms with van der Waals surface area (Å²) in [7, 11) is 0. The molecule has 0 saturated heterocycles. The highest BCUT2D eigenvalue weighted by molar-refractivity contribution is 6.01. The van der Waals surface area contributed by atoms with Crippen LogP contribution in [0, 0.1) is 10.8 Å². The van der Waals surface area contributed by atoms with Crippen molar-refractivity contribution in [1.29, 1.82) is 0 Å². The van der Waals surface area contributed by atoms with Gasteiger partial charge in [-0.2, -0.15) is 0 Å². The van der Waals surface area contributed by atoms with Crippen LogP contribution in [0.3, 0.4) is 0 Å². The number of carbonyl (C=O) groups excluding carboxylic acids is 2. The lowest BCUT2D eigenvalue weighted by molar-refractivity contribution is -0.193. The fourth-order valence-electron chi connectivity index (χ4n) is 2.89. The van der Waals surface area contributed by atoms with Crippen molar-refractivity contribution < 1.29 is 19.1 Å². The van der Waals surface area contributed by atoms with E-state index in [1.165, 1.54) is 0 Å². The molecule has 0 radical (unpaired) electrons. The molecule has 2 aliphatic rings. The Morgan fingerprint density at radius 1 is 1.00 bits per heavy atom. The van der Waals surface area contributed by atoms with E-state index in [2.05, 4.69) is 12.2 Å². The Kier molecular flexibility index (Phi) is 3.45. The average Bonchev–Trinajstić information content (AvgIpc) is 2.10. The van der Waals surface area contributed by atoms with E-state index in [4.69, 9.17) is 9.47 Å². The minimum Gasteiger partial charge on any atom is -0.462 e. The standard InChI is InChI=1S/C15H22O4/c1-10(2)18-12(16)15(13(17)19-11(3)4)8-14(9-15)6-5-7-14/h5-6,10-11H,7-9H2,1-4H3. The summed E-state index contributed by atoms with van der Waals surface area (Å²) in [6.45, 7) is 7.16. The van der Waals surface area contributed by atoms with Gasteiger partial charge in [-0.15, -0.1) is 0 Å². The van der Waals surface area contributed by atoms with E-state index in [0.717, 1.165) is 6.42 Å². The zero-order chi connectivity index (χ0) is 14.3. The number of esters is 2. The summed E-state index contributed by atoms with van der Waals surface area (Å²) in [6.07, 6.45) is 5.72. The van der Waals surface area contributed by atoms with Crippen molar-refractivity contribution in [2.45, 2.75) is 59.2 Å². The second kappa shape index (κ2) is 4.66. The molecule has 2 aliphatic carbocycles. The first-order valence-corrected chi connectivity index (χ1v) is 6.90. The molecular formula is C15H22O4. The molecule has 4 nitrogen and oxygen atoms in total. The van der Waals surface area contributed by atoms with Gasteiger partial charge in [-0.1, -0.05) is 12.2 Å². The highest BCUT2D eigenvalue weighted by Crippen LogP contribution is 2.62. The number of hydrogen-bond acceptors (Lipinski definition) is 4. The Labute approximate surface area is 114 Å². The Morgan fingerprint density at radius 2 is 1.42 bits per heavy atom. The van der Waals surface area contributed by atoms with Crippen molar-refractivity contribution in [3.8, 4) is 0 Å². The SMILES string of the molecule is CC(C)OC(=O)C1(C(=O)OC(C)C)CC2(C=CC2)C1. The number of carbonyl (C=O) groups is 2. The van der Waals surface area contributed by atoms with Crippen molar-refractivity contribution >= 4 is 11.9 Å². The van der Waals surface area contributed by atoms with Gasteiger partial charge in [0.05, 0.1) is 12.2 Å². The Hall–Kier alpha value is -1.32. The third-order valence-corrected chi connectivity index (χ3v) is 3.77. The fourth-order valence-corrected chi connectivity index (χ4v) is 2.89. The Morgan fingerprint density at radius 3 is 1.68 bits per heavy atom. The van der Waals surface area contributed by atoms with Crippen LogP contribution in [0.1, 0.15) is 47.0 Å². The molecular weight excluding hydrogens is 244 g/mol. The van der Waals surface area contributed by atoms with Crippen LogP contribution in [0.15, 0.2) is 12.2 Å². The normalized spacial score (nSPS) is 22.0. The maximum atomic E-state index is 12.3. The van der Waals surface area contributed by atoms with Crippen LogP contribution >= 0.6 is 0 Å². The molecule has 0 aliphatic heterocycles. The predicted octanol–water partition coefficient (Wildman–Crippen LogP) is 2.62. The highest BCUT2D eigenvalue weighted by Gasteiger charge is 2.65. The summed E-state index contributed by atoms with van der Waals surface area (Å²) < 4.78 is 10.5. The van der Waals surface area contributed by atoms with Gasteiger partial charge in [-0.05, 0) is 52.4 Å². The van der Waals surface area contributed by atoms with Crippen molar-refractivity contribution in [1.82, 2.24) is 0 Å². The van der Waals surface area contributed by atoms with Gasteiger partial charge in [-0.25, -0.2) is 0 Å². The van der Waals surface area contributed by atoms with Crippen molar-refractivity contribution in [3.05, 3.63) is 12.2 Å². The van der Waals surface area contributed by atoms with Gasteiger partial charge >= 0.3 is 11.9 Å². The molecule has 0 heterocycles. The largest absolute Gasteiger partial charge is 0.462 e. The summed E-state index contributed by atoms with van der Waals surface area (Å²) >= 11 is 0. The molecule has 0 amide bonds. The molecule has 0 aromatic heterocycles. The second-order valence-corrected chi connectivity index (χ2v) is 6.31. The average molecular weight is 266 g/mol. The van der Waals surface area contributed by atoms with Gasteiger partial charge in [0, 0.05) is 0 Å². The summed E-state index contributed by atoms with van der Waals surface area (Å²) in [4.78, 5) is 24.5. The van der Waals surface area contributed by atoms with Crippen LogP contribution in [0.25, 0.3) is 0 Å². The molecule has 0 atom stereocenters. The number of hydrogen-bond donors (Lipinski definition) is 0. The highest BCUT2D eigenvalue weighted by atomic mass is 16.6. The smallest absolute Gasteiger partial charge is 0.323 e. The topological polar surface area (TPSA) is 52.6 Å². The molecule has 4 heteroatoms. The van der Waals surface area contributed by atoms with E-state index in [9.17, 15) is 9.59 Å². The summed E-state index contributed by atoms with van der Waals surface area (Å²) in [5, 5.41) is 0. The van der Waals surface area contributed by atoms with Crippen LogP contribution in [0.4, 0.5) is 0 Å². The first kappa shape index (κ1) is 14.1. The molecule has 1 spiro atoms. The molecule has 0 aromatic rings. The summed E-state index contributed by atoms with van der Waals surface area (Å²) in [5.74, 6) is -0.863.